The molecule has 11 heteroatoms. The van der Waals surface area contributed by atoms with Gasteiger partial charge in [-0.2, -0.15) is 13.2 Å². The number of carbonyl (C=O) groups is 1. The Hall–Kier alpha value is -1.36. The standard InChI is InChI=1S/C15H20ClF3N2O4S/c1-5-12(21(3)4)26(24,25)9-6-7-11(10(16)8-9)20-13(22)14(2,23)15(17,18)19/h6-8,12,23H,5H2,1-4H3,(H,20,22)/t12?,14-/m1/s1. The number of anilines is 1. The number of nitrogens with zero attached hydrogens (tertiary/aromatic N) is 1. The van der Waals surface area contributed by atoms with Gasteiger partial charge in [0.2, 0.25) is 5.60 Å². The zero-order chi connectivity index (χ0) is 20.5. The van der Waals surface area contributed by atoms with Crippen molar-refractivity contribution in [1.29, 1.82) is 0 Å². The van der Waals surface area contributed by atoms with Crippen LogP contribution in [-0.2, 0) is 14.6 Å². The normalized spacial score (nSPS) is 16.2. The van der Waals surface area contributed by atoms with Crippen molar-refractivity contribution in [2.24, 2.45) is 0 Å². The maximum Gasteiger partial charge on any atom is 0.426 e. The van der Waals surface area contributed by atoms with Crippen molar-refractivity contribution in [2.45, 2.75) is 42.3 Å². The maximum atomic E-state index is 12.7. The van der Waals surface area contributed by atoms with Crippen molar-refractivity contribution in [3.8, 4) is 0 Å². The van der Waals surface area contributed by atoms with Crippen molar-refractivity contribution < 1.29 is 31.5 Å². The second-order valence-corrected chi connectivity index (χ2v) is 8.55. The van der Waals surface area contributed by atoms with Crippen molar-refractivity contribution in [2.75, 3.05) is 19.4 Å². The molecule has 6 nitrogen and oxygen atoms in total. The molecule has 0 radical (unpaired) electrons. The number of alkyl halides is 3. The number of sulfone groups is 1. The van der Waals surface area contributed by atoms with Crippen molar-refractivity contribution in [3.05, 3.63) is 23.2 Å². The average Bonchev–Trinajstić information content (AvgIpc) is 2.47. The van der Waals surface area contributed by atoms with Crippen LogP contribution in [-0.4, -0.2) is 55.6 Å². The topological polar surface area (TPSA) is 86.7 Å². The number of hydrogen-bond donors (Lipinski definition) is 2. The van der Waals surface area contributed by atoms with E-state index < -0.39 is 32.9 Å². The Labute approximate surface area is 154 Å². The highest BCUT2D eigenvalue weighted by Gasteiger charge is 2.55. The van der Waals surface area contributed by atoms with Crippen LogP contribution in [0.4, 0.5) is 18.9 Å². The molecule has 1 aromatic rings. The average molecular weight is 417 g/mol. The van der Waals surface area contributed by atoms with E-state index >= 15 is 0 Å². The van der Waals surface area contributed by atoms with Gasteiger partial charge >= 0.3 is 6.18 Å². The van der Waals surface area contributed by atoms with Gasteiger partial charge in [-0.05, 0) is 45.6 Å². The molecule has 0 saturated carbocycles. The minimum Gasteiger partial charge on any atom is -0.373 e. The summed E-state index contributed by atoms with van der Waals surface area (Å²) < 4.78 is 63.3. The maximum absolute atomic E-state index is 12.7. The van der Waals surface area contributed by atoms with Crippen molar-refractivity contribution in [3.63, 3.8) is 0 Å². The molecule has 0 fully saturated rings. The largest absolute Gasteiger partial charge is 0.426 e. The molecular formula is C15H20ClF3N2O4S. The third-order valence-electron chi connectivity index (χ3n) is 3.79. The van der Waals surface area contributed by atoms with Crippen LogP contribution >= 0.6 is 11.6 Å². The van der Waals surface area contributed by atoms with E-state index in [-0.39, 0.29) is 15.6 Å². The van der Waals surface area contributed by atoms with E-state index in [2.05, 4.69) is 0 Å². The van der Waals surface area contributed by atoms with Gasteiger partial charge in [-0.15, -0.1) is 0 Å². The van der Waals surface area contributed by atoms with Crippen LogP contribution in [0, 0.1) is 0 Å². The van der Waals surface area contributed by atoms with Crippen LogP contribution in [0.25, 0.3) is 0 Å². The highest BCUT2D eigenvalue weighted by atomic mass is 35.5. The number of halogens is 4. The van der Waals surface area contributed by atoms with Crippen LogP contribution in [0.5, 0.6) is 0 Å². The number of benzene rings is 1. The molecular weight excluding hydrogens is 397 g/mol. The number of hydrogen-bond acceptors (Lipinski definition) is 5. The van der Waals surface area contributed by atoms with Crippen LogP contribution < -0.4 is 5.32 Å². The van der Waals surface area contributed by atoms with E-state index in [1.807, 2.05) is 5.32 Å². The molecule has 0 aliphatic heterocycles. The van der Waals surface area contributed by atoms with Crippen LogP contribution in [0.3, 0.4) is 0 Å². The second-order valence-electron chi connectivity index (χ2n) is 6.04. The summed E-state index contributed by atoms with van der Waals surface area (Å²) in [5, 5.41) is 10.1. The predicted octanol–water partition coefficient (Wildman–Crippen LogP) is 2.66. The summed E-state index contributed by atoms with van der Waals surface area (Å²) in [6, 6.07) is 3.24. The third-order valence-corrected chi connectivity index (χ3v) is 6.49. The fourth-order valence-corrected chi connectivity index (χ4v) is 4.31. The Morgan fingerprint density at radius 3 is 2.27 bits per heavy atom. The van der Waals surface area contributed by atoms with Crippen LogP contribution in [0.2, 0.25) is 5.02 Å². The number of carbonyl (C=O) groups excluding carboxylic acids is 1. The minimum atomic E-state index is -5.19. The summed E-state index contributed by atoms with van der Waals surface area (Å²) in [5.41, 5.74) is -3.88. The molecule has 148 valence electrons. The molecule has 0 spiro atoms. The quantitative estimate of drug-likeness (QED) is 0.744. The fourth-order valence-electron chi connectivity index (χ4n) is 2.17. The monoisotopic (exact) mass is 416 g/mol. The van der Waals surface area contributed by atoms with E-state index in [0.717, 1.165) is 18.2 Å². The molecule has 0 saturated heterocycles. The van der Waals surface area contributed by atoms with E-state index in [1.165, 1.54) is 4.90 Å². The molecule has 2 N–H and O–H groups in total. The van der Waals surface area contributed by atoms with E-state index in [1.54, 1.807) is 21.0 Å². The first-order chi connectivity index (χ1) is 11.7. The fraction of sp³-hybridized carbons (Fsp3) is 0.533. The molecule has 1 amide bonds. The second kappa shape index (κ2) is 7.71. The molecule has 1 rings (SSSR count). The highest BCUT2D eigenvalue weighted by molar-refractivity contribution is 7.92. The Morgan fingerprint density at radius 1 is 1.35 bits per heavy atom. The third kappa shape index (κ3) is 4.48. The number of amides is 1. The van der Waals surface area contributed by atoms with Gasteiger partial charge in [0.05, 0.1) is 15.6 Å². The zero-order valence-corrected chi connectivity index (χ0v) is 16.1. The lowest BCUT2D eigenvalue weighted by molar-refractivity contribution is -0.242. The summed E-state index contributed by atoms with van der Waals surface area (Å²) in [6.45, 7) is 2.00. The van der Waals surface area contributed by atoms with E-state index in [9.17, 15) is 31.5 Å². The number of aliphatic hydroxyl groups is 1. The SMILES string of the molecule is CCC(N(C)C)S(=O)(=O)c1ccc(NC(=O)[C@@](C)(O)C(F)(F)F)c(Cl)c1. The first-order valence-electron chi connectivity index (χ1n) is 7.46. The lowest BCUT2D eigenvalue weighted by Crippen LogP contribution is -2.52. The minimum absolute atomic E-state index is 0.136. The van der Waals surface area contributed by atoms with Gasteiger partial charge < -0.3 is 10.4 Å². The number of nitrogens with one attached hydrogen (secondary N) is 1. The van der Waals surface area contributed by atoms with Gasteiger partial charge in [-0.1, -0.05) is 18.5 Å². The smallest absolute Gasteiger partial charge is 0.373 e. The highest BCUT2D eigenvalue weighted by Crippen LogP contribution is 2.33. The predicted molar refractivity (Wildman–Crippen MR) is 91.7 cm³/mol. The van der Waals surface area contributed by atoms with E-state index in [4.69, 9.17) is 11.6 Å². The molecule has 0 heterocycles. The lowest BCUT2D eigenvalue weighted by Gasteiger charge is -2.25. The van der Waals surface area contributed by atoms with Gasteiger partial charge in [0.25, 0.3) is 5.91 Å². The Bertz CT molecular complexity index is 780. The van der Waals surface area contributed by atoms with Gasteiger partial charge in [-0.25, -0.2) is 8.42 Å². The Kier molecular flexibility index (Phi) is 6.73. The Balaban J connectivity index is 3.18. The van der Waals surface area contributed by atoms with Gasteiger partial charge in [-0.3, -0.25) is 9.69 Å². The Morgan fingerprint density at radius 2 is 1.88 bits per heavy atom. The molecule has 0 aromatic heterocycles. The summed E-state index contributed by atoms with van der Waals surface area (Å²) in [4.78, 5) is 13.1. The molecule has 26 heavy (non-hydrogen) atoms. The zero-order valence-electron chi connectivity index (χ0n) is 14.6. The van der Waals surface area contributed by atoms with Gasteiger partial charge in [0, 0.05) is 0 Å². The van der Waals surface area contributed by atoms with Gasteiger partial charge in [0.15, 0.2) is 9.84 Å². The van der Waals surface area contributed by atoms with Crippen LogP contribution in [0.15, 0.2) is 23.1 Å². The summed E-state index contributed by atoms with van der Waals surface area (Å²) in [7, 11) is -0.574. The molecule has 0 aliphatic rings. The number of rotatable bonds is 6. The molecule has 0 aliphatic carbocycles. The first kappa shape index (κ1) is 22.7. The molecule has 2 atom stereocenters. The summed E-state index contributed by atoms with van der Waals surface area (Å²) in [6.07, 6.45) is -4.88. The van der Waals surface area contributed by atoms with Crippen molar-refractivity contribution >= 4 is 33.0 Å². The van der Waals surface area contributed by atoms with Crippen LogP contribution in [0.1, 0.15) is 20.3 Å². The molecule has 0 bridgehead atoms. The van der Waals surface area contributed by atoms with E-state index in [0.29, 0.717) is 13.3 Å². The summed E-state index contributed by atoms with van der Waals surface area (Å²) in [5.74, 6) is -1.73. The molecule has 1 unspecified atom stereocenters. The molecule has 1 aromatic carbocycles. The van der Waals surface area contributed by atoms with Gasteiger partial charge in [0.1, 0.15) is 5.37 Å². The summed E-state index contributed by atoms with van der Waals surface area (Å²) >= 11 is 5.92. The lowest BCUT2D eigenvalue weighted by atomic mass is 10.1. The van der Waals surface area contributed by atoms with Crippen molar-refractivity contribution in [1.82, 2.24) is 4.90 Å². The first-order valence-corrected chi connectivity index (χ1v) is 9.39.